The van der Waals surface area contributed by atoms with Gasteiger partial charge in [-0.1, -0.05) is 65.7 Å². The second-order valence-corrected chi connectivity index (χ2v) is 5.37. The molecule has 1 rings (SSSR count). The molecule has 0 radical (unpaired) electrons. The average molecular weight is 196 g/mol. The Morgan fingerprint density at radius 2 is 1.57 bits per heavy atom. The van der Waals surface area contributed by atoms with Crippen LogP contribution in [0.15, 0.2) is 0 Å². The summed E-state index contributed by atoms with van der Waals surface area (Å²) in [6, 6.07) is 0. The lowest BCUT2D eigenvalue weighted by atomic mass is 9.77. The maximum Gasteiger partial charge on any atom is -0.0363 e. The lowest BCUT2D eigenvalue weighted by molar-refractivity contribution is 0.220. The molecule has 0 N–H and O–H groups in total. The van der Waals surface area contributed by atoms with Gasteiger partial charge in [-0.05, 0) is 24.2 Å². The minimum atomic E-state index is 0.947. The molecule has 1 aliphatic carbocycles. The molecule has 14 heavy (non-hydrogen) atoms. The van der Waals surface area contributed by atoms with E-state index in [0.29, 0.717) is 0 Å². The minimum Gasteiger partial charge on any atom is -0.0651 e. The number of rotatable bonds is 2. The molecule has 0 heterocycles. The Bertz CT molecular complexity index is 139. The molecule has 1 aliphatic rings. The zero-order valence-corrected chi connectivity index (χ0v) is 10.4. The van der Waals surface area contributed by atoms with E-state index in [2.05, 4.69) is 20.8 Å². The van der Waals surface area contributed by atoms with Crippen LogP contribution < -0.4 is 0 Å². The standard InChI is InChI=1S/C14H28/c1-4-12(2)14-11-9-7-5-6-8-10-13(14)3/h12-14H,4-11H2,1-3H3. The molecule has 1 saturated carbocycles. The molecule has 3 atom stereocenters. The third-order valence-corrected chi connectivity index (χ3v) is 4.30. The van der Waals surface area contributed by atoms with Gasteiger partial charge in [0.05, 0.1) is 0 Å². The summed E-state index contributed by atoms with van der Waals surface area (Å²) in [6.45, 7) is 7.30. The second-order valence-electron chi connectivity index (χ2n) is 5.37. The van der Waals surface area contributed by atoms with Gasteiger partial charge in [-0.25, -0.2) is 0 Å². The van der Waals surface area contributed by atoms with Crippen LogP contribution in [-0.2, 0) is 0 Å². The van der Waals surface area contributed by atoms with E-state index in [9.17, 15) is 0 Å². The molecule has 0 amide bonds. The van der Waals surface area contributed by atoms with Crippen molar-refractivity contribution >= 4 is 0 Å². The zero-order valence-electron chi connectivity index (χ0n) is 10.4. The Kier molecular flexibility index (Phi) is 5.59. The number of hydrogen-bond acceptors (Lipinski definition) is 0. The van der Waals surface area contributed by atoms with E-state index in [-0.39, 0.29) is 0 Å². The van der Waals surface area contributed by atoms with Crippen molar-refractivity contribution in [2.45, 2.75) is 72.1 Å². The molecule has 0 aromatic heterocycles. The summed E-state index contributed by atoms with van der Waals surface area (Å²) in [6.07, 6.45) is 11.8. The molecular formula is C14H28. The summed E-state index contributed by atoms with van der Waals surface area (Å²) < 4.78 is 0. The van der Waals surface area contributed by atoms with Gasteiger partial charge in [-0.3, -0.25) is 0 Å². The van der Waals surface area contributed by atoms with E-state index in [1.165, 1.54) is 51.4 Å². The molecule has 0 aromatic rings. The van der Waals surface area contributed by atoms with Crippen LogP contribution in [0.1, 0.15) is 72.1 Å². The van der Waals surface area contributed by atoms with E-state index in [1.807, 2.05) is 0 Å². The fourth-order valence-electron chi connectivity index (χ4n) is 3.02. The lowest BCUT2D eigenvalue weighted by Crippen LogP contribution is -2.19. The van der Waals surface area contributed by atoms with Crippen molar-refractivity contribution in [3.05, 3.63) is 0 Å². The highest BCUT2D eigenvalue weighted by Crippen LogP contribution is 2.33. The van der Waals surface area contributed by atoms with Crippen molar-refractivity contribution in [3.63, 3.8) is 0 Å². The maximum absolute atomic E-state index is 2.49. The molecule has 84 valence electrons. The predicted molar refractivity (Wildman–Crippen MR) is 64.4 cm³/mol. The van der Waals surface area contributed by atoms with E-state index in [1.54, 1.807) is 0 Å². The van der Waals surface area contributed by atoms with Gasteiger partial charge in [0.2, 0.25) is 0 Å². The minimum absolute atomic E-state index is 0.947. The van der Waals surface area contributed by atoms with Crippen LogP contribution in [-0.4, -0.2) is 0 Å². The van der Waals surface area contributed by atoms with Crippen LogP contribution in [0, 0.1) is 17.8 Å². The van der Waals surface area contributed by atoms with Gasteiger partial charge in [-0.15, -0.1) is 0 Å². The molecule has 0 spiro atoms. The third-order valence-electron chi connectivity index (χ3n) is 4.30. The summed E-state index contributed by atoms with van der Waals surface area (Å²) in [4.78, 5) is 0. The SMILES string of the molecule is CCC(C)C1CCCCCCCC1C. The van der Waals surface area contributed by atoms with Crippen LogP contribution in [0.3, 0.4) is 0 Å². The molecular weight excluding hydrogens is 168 g/mol. The Morgan fingerprint density at radius 1 is 1.00 bits per heavy atom. The summed E-state index contributed by atoms with van der Waals surface area (Å²) in [5, 5.41) is 0. The number of hydrogen-bond donors (Lipinski definition) is 0. The lowest BCUT2D eigenvalue weighted by Gasteiger charge is -2.28. The molecule has 3 unspecified atom stereocenters. The highest BCUT2D eigenvalue weighted by atomic mass is 14.3. The van der Waals surface area contributed by atoms with Gasteiger partial charge in [0.25, 0.3) is 0 Å². The molecule has 1 fully saturated rings. The van der Waals surface area contributed by atoms with Gasteiger partial charge in [0, 0.05) is 0 Å². The van der Waals surface area contributed by atoms with Crippen molar-refractivity contribution in [1.82, 2.24) is 0 Å². The van der Waals surface area contributed by atoms with Crippen LogP contribution in [0.4, 0.5) is 0 Å². The quantitative estimate of drug-likeness (QED) is 0.581. The Morgan fingerprint density at radius 3 is 2.21 bits per heavy atom. The van der Waals surface area contributed by atoms with E-state index < -0.39 is 0 Å². The zero-order chi connectivity index (χ0) is 10.4. The molecule has 0 aliphatic heterocycles. The first kappa shape index (κ1) is 12.1. The molecule has 0 nitrogen and oxygen atoms in total. The molecule has 0 saturated heterocycles. The summed E-state index contributed by atoms with van der Waals surface area (Å²) in [7, 11) is 0. The smallest absolute Gasteiger partial charge is 0.0363 e. The normalized spacial score (nSPS) is 32.8. The first-order chi connectivity index (χ1) is 6.75. The van der Waals surface area contributed by atoms with Crippen molar-refractivity contribution in [3.8, 4) is 0 Å². The van der Waals surface area contributed by atoms with Gasteiger partial charge < -0.3 is 0 Å². The molecule has 0 aromatic carbocycles. The van der Waals surface area contributed by atoms with Gasteiger partial charge in [0.1, 0.15) is 0 Å². The van der Waals surface area contributed by atoms with Crippen LogP contribution in [0.25, 0.3) is 0 Å². The highest BCUT2D eigenvalue weighted by Gasteiger charge is 2.22. The summed E-state index contributed by atoms with van der Waals surface area (Å²) >= 11 is 0. The molecule has 0 heteroatoms. The Balaban J connectivity index is 2.48. The van der Waals surface area contributed by atoms with Crippen LogP contribution >= 0.6 is 0 Å². The van der Waals surface area contributed by atoms with Gasteiger partial charge in [-0.2, -0.15) is 0 Å². The van der Waals surface area contributed by atoms with Crippen LogP contribution in [0.2, 0.25) is 0 Å². The monoisotopic (exact) mass is 196 g/mol. The van der Waals surface area contributed by atoms with Crippen molar-refractivity contribution in [2.75, 3.05) is 0 Å². The average Bonchev–Trinajstić information content (AvgIpc) is 2.29. The topological polar surface area (TPSA) is 0 Å². The van der Waals surface area contributed by atoms with Crippen molar-refractivity contribution < 1.29 is 0 Å². The summed E-state index contributed by atoms with van der Waals surface area (Å²) in [5.74, 6) is 2.93. The first-order valence-electron chi connectivity index (χ1n) is 6.75. The molecule has 0 bridgehead atoms. The predicted octanol–water partition coefficient (Wildman–Crippen LogP) is 5.03. The van der Waals surface area contributed by atoms with Crippen molar-refractivity contribution in [1.29, 1.82) is 0 Å². The Labute approximate surface area is 90.5 Å². The second kappa shape index (κ2) is 6.48. The third kappa shape index (κ3) is 3.63. The highest BCUT2D eigenvalue weighted by molar-refractivity contribution is 4.73. The largest absolute Gasteiger partial charge is 0.0651 e. The van der Waals surface area contributed by atoms with E-state index >= 15 is 0 Å². The van der Waals surface area contributed by atoms with E-state index in [4.69, 9.17) is 0 Å². The first-order valence-corrected chi connectivity index (χ1v) is 6.75. The van der Waals surface area contributed by atoms with E-state index in [0.717, 1.165) is 17.8 Å². The Hall–Kier alpha value is 0. The van der Waals surface area contributed by atoms with Gasteiger partial charge in [0.15, 0.2) is 0 Å². The maximum atomic E-state index is 2.49. The fraction of sp³-hybridized carbons (Fsp3) is 1.00. The van der Waals surface area contributed by atoms with Crippen molar-refractivity contribution in [2.24, 2.45) is 17.8 Å². The van der Waals surface area contributed by atoms with Crippen LogP contribution in [0.5, 0.6) is 0 Å². The summed E-state index contributed by atoms with van der Waals surface area (Å²) in [5.41, 5.74) is 0. The fourth-order valence-corrected chi connectivity index (χ4v) is 3.02. The van der Waals surface area contributed by atoms with Gasteiger partial charge >= 0.3 is 0 Å².